The van der Waals surface area contributed by atoms with Crippen LogP contribution in [0.25, 0.3) is 0 Å². The first-order valence-corrected chi connectivity index (χ1v) is 10.5. The molecule has 1 heterocycles. The van der Waals surface area contributed by atoms with Gasteiger partial charge >= 0.3 is 12.3 Å². The first-order valence-electron chi connectivity index (χ1n) is 8.64. The summed E-state index contributed by atoms with van der Waals surface area (Å²) in [6.07, 6.45) is -7.64. The zero-order chi connectivity index (χ0) is 21.1. The van der Waals surface area contributed by atoms with E-state index in [1.807, 2.05) is 0 Å². The van der Waals surface area contributed by atoms with Gasteiger partial charge in [0.15, 0.2) is 0 Å². The van der Waals surface area contributed by atoms with Crippen LogP contribution < -0.4 is 0 Å². The van der Waals surface area contributed by atoms with Crippen LogP contribution in [0.3, 0.4) is 0 Å². The molecule has 1 aliphatic rings. The highest BCUT2D eigenvalue weighted by molar-refractivity contribution is 7.91. The molecular formula is C16H26F5NO4S. The Balaban J connectivity index is 2.56. The number of nitrogens with zero attached hydrogens (tertiary/aromatic N) is 1. The highest BCUT2D eigenvalue weighted by atomic mass is 32.2. The van der Waals surface area contributed by atoms with E-state index in [4.69, 9.17) is 4.74 Å². The van der Waals surface area contributed by atoms with E-state index >= 15 is 0 Å². The lowest BCUT2D eigenvalue weighted by Crippen LogP contribution is -2.40. The Morgan fingerprint density at radius 1 is 1.15 bits per heavy atom. The molecule has 0 unspecified atom stereocenters. The lowest BCUT2D eigenvalue weighted by Gasteiger charge is -2.28. The maximum absolute atomic E-state index is 13.7. The van der Waals surface area contributed by atoms with Crippen LogP contribution in [-0.2, 0) is 14.6 Å². The molecule has 0 spiro atoms. The maximum Gasteiger partial charge on any atom is 0.410 e. The molecule has 0 N–H and O–H groups in total. The van der Waals surface area contributed by atoms with Gasteiger partial charge in [-0.15, -0.1) is 0 Å². The summed E-state index contributed by atoms with van der Waals surface area (Å²) in [6.45, 7) is 4.00. The van der Waals surface area contributed by atoms with E-state index < -0.39 is 77.0 Å². The number of halogens is 5. The van der Waals surface area contributed by atoms with Gasteiger partial charge in [0.1, 0.15) is 15.4 Å². The Kier molecular flexibility index (Phi) is 7.51. The zero-order valence-electron chi connectivity index (χ0n) is 15.6. The summed E-state index contributed by atoms with van der Waals surface area (Å²) in [5, 5.41) is 0. The number of hydrogen-bond acceptors (Lipinski definition) is 4. The van der Waals surface area contributed by atoms with Crippen LogP contribution in [0.4, 0.5) is 26.7 Å². The van der Waals surface area contributed by atoms with E-state index in [1.54, 1.807) is 20.8 Å². The molecule has 5 nitrogen and oxygen atoms in total. The Bertz CT molecular complexity index is 613. The van der Waals surface area contributed by atoms with Crippen molar-refractivity contribution in [1.29, 1.82) is 0 Å². The van der Waals surface area contributed by atoms with Gasteiger partial charge in [0, 0.05) is 18.9 Å². The third-order valence-electron chi connectivity index (χ3n) is 3.91. The van der Waals surface area contributed by atoms with Gasteiger partial charge in [0.2, 0.25) is 0 Å². The molecule has 11 heteroatoms. The van der Waals surface area contributed by atoms with Crippen molar-refractivity contribution in [2.24, 2.45) is 0 Å². The summed E-state index contributed by atoms with van der Waals surface area (Å²) < 4.78 is 92.4. The van der Waals surface area contributed by atoms with Crippen LogP contribution in [0, 0.1) is 0 Å². The smallest absolute Gasteiger partial charge is 0.410 e. The van der Waals surface area contributed by atoms with E-state index in [9.17, 15) is 35.2 Å². The average molecular weight is 423 g/mol. The third-order valence-corrected chi connectivity index (χ3v) is 5.73. The summed E-state index contributed by atoms with van der Waals surface area (Å²) in [7, 11) is -3.71. The van der Waals surface area contributed by atoms with Crippen molar-refractivity contribution < 1.29 is 39.9 Å². The largest absolute Gasteiger partial charge is 0.444 e. The predicted octanol–water partition coefficient (Wildman–Crippen LogP) is 4.17. The molecular weight excluding hydrogens is 397 g/mol. The minimum atomic E-state index is -4.42. The van der Waals surface area contributed by atoms with Crippen LogP contribution in [-0.4, -0.2) is 61.2 Å². The number of carbonyl (C=O) groups excluding carboxylic acids is 1. The lowest BCUT2D eigenvalue weighted by atomic mass is 10.1. The minimum absolute atomic E-state index is 0.00728. The minimum Gasteiger partial charge on any atom is -0.444 e. The molecule has 0 saturated carbocycles. The van der Waals surface area contributed by atoms with Crippen LogP contribution in [0.5, 0.6) is 0 Å². The van der Waals surface area contributed by atoms with E-state index in [1.165, 1.54) is 0 Å². The fraction of sp³-hybridized carbons (Fsp3) is 0.938. The SMILES string of the molecule is CC(C)(C)OC(=O)N1CC(F)(F)C[C@H]1CCCS(=O)(=O)CCCC(F)(F)F. The molecule has 1 amide bonds. The fourth-order valence-corrected chi connectivity index (χ4v) is 4.22. The molecule has 0 aliphatic carbocycles. The number of carbonyl (C=O) groups is 1. The van der Waals surface area contributed by atoms with Crippen LogP contribution in [0.2, 0.25) is 0 Å². The van der Waals surface area contributed by atoms with Crippen molar-refractivity contribution in [3.63, 3.8) is 0 Å². The second kappa shape index (κ2) is 8.48. The van der Waals surface area contributed by atoms with E-state index in [0.717, 1.165) is 4.90 Å². The number of likely N-dealkylation sites (tertiary alicyclic amines) is 1. The van der Waals surface area contributed by atoms with Gasteiger partial charge in [0.05, 0.1) is 18.1 Å². The molecule has 1 atom stereocenters. The monoisotopic (exact) mass is 423 g/mol. The first-order chi connectivity index (χ1) is 12.0. The normalized spacial score (nSPS) is 20.7. The van der Waals surface area contributed by atoms with Crippen molar-refractivity contribution in [3.05, 3.63) is 0 Å². The standard InChI is InChI=1S/C16H26F5NO4S/c1-14(2,3)26-13(23)22-11-15(17,18)10-12(22)6-4-8-27(24,25)9-5-7-16(19,20)21/h12H,4-11H2,1-3H3/t12-/m1/s1. The highest BCUT2D eigenvalue weighted by Gasteiger charge is 2.47. The molecule has 0 radical (unpaired) electrons. The van der Waals surface area contributed by atoms with Crippen LogP contribution >= 0.6 is 0 Å². The number of hydrogen-bond donors (Lipinski definition) is 0. The topological polar surface area (TPSA) is 63.7 Å². The number of amides is 1. The molecule has 1 saturated heterocycles. The first kappa shape index (κ1) is 23.9. The lowest BCUT2D eigenvalue weighted by molar-refractivity contribution is -0.134. The Morgan fingerprint density at radius 3 is 2.22 bits per heavy atom. The summed E-state index contributed by atoms with van der Waals surface area (Å²) in [6, 6.07) is -0.875. The molecule has 1 rings (SSSR count). The predicted molar refractivity (Wildman–Crippen MR) is 89.5 cm³/mol. The van der Waals surface area contributed by atoms with Gasteiger partial charge in [-0.05, 0) is 40.0 Å². The molecule has 1 fully saturated rings. The summed E-state index contributed by atoms with van der Waals surface area (Å²) in [5.41, 5.74) is -0.860. The van der Waals surface area contributed by atoms with Gasteiger partial charge in [-0.1, -0.05) is 0 Å². The van der Waals surface area contributed by atoms with E-state index in [2.05, 4.69) is 0 Å². The van der Waals surface area contributed by atoms with Gasteiger partial charge in [-0.3, -0.25) is 4.90 Å². The molecule has 27 heavy (non-hydrogen) atoms. The summed E-state index contributed by atoms with van der Waals surface area (Å²) >= 11 is 0. The Morgan fingerprint density at radius 2 is 1.70 bits per heavy atom. The Hall–Kier alpha value is -1.13. The van der Waals surface area contributed by atoms with Crippen LogP contribution in [0.15, 0.2) is 0 Å². The molecule has 0 aromatic carbocycles. The molecule has 0 aromatic heterocycles. The summed E-state index contributed by atoms with van der Waals surface area (Å²) in [4.78, 5) is 13.0. The van der Waals surface area contributed by atoms with Gasteiger partial charge in [-0.2, -0.15) is 13.2 Å². The van der Waals surface area contributed by atoms with Crippen LogP contribution in [0.1, 0.15) is 52.9 Å². The van der Waals surface area contributed by atoms with Crippen molar-refractivity contribution in [2.45, 2.75) is 76.6 Å². The number of sulfone groups is 1. The zero-order valence-corrected chi connectivity index (χ0v) is 16.4. The van der Waals surface area contributed by atoms with Gasteiger partial charge in [-0.25, -0.2) is 22.0 Å². The van der Waals surface area contributed by atoms with E-state index in [-0.39, 0.29) is 12.8 Å². The quantitative estimate of drug-likeness (QED) is 0.577. The second-order valence-corrected chi connectivity index (χ2v) is 10.1. The van der Waals surface area contributed by atoms with Crippen molar-refractivity contribution >= 4 is 15.9 Å². The highest BCUT2D eigenvalue weighted by Crippen LogP contribution is 2.35. The summed E-state index contributed by atoms with van der Waals surface area (Å²) in [5.74, 6) is -4.11. The molecule has 1 aliphatic heterocycles. The van der Waals surface area contributed by atoms with Crippen molar-refractivity contribution in [3.8, 4) is 0 Å². The maximum atomic E-state index is 13.7. The number of alkyl halides is 5. The Labute approximate surface area is 156 Å². The number of ether oxygens (including phenoxy) is 1. The van der Waals surface area contributed by atoms with Gasteiger partial charge in [0.25, 0.3) is 5.92 Å². The van der Waals surface area contributed by atoms with Crippen molar-refractivity contribution in [2.75, 3.05) is 18.1 Å². The molecule has 0 aromatic rings. The van der Waals surface area contributed by atoms with E-state index in [0.29, 0.717) is 0 Å². The van der Waals surface area contributed by atoms with Gasteiger partial charge < -0.3 is 4.74 Å². The van der Waals surface area contributed by atoms with Crippen molar-refractivity contribution in [1.82, 2.24) is 4.90 Å². The third kappa shape index (κ3) is 9.57. The second-order valence-electron chi connectivity index (χ2n) is 7.83. The average Bonchev–Trinajstić information content (AvgIpc) is 2.70. The molecule has 160 valence electrons. The fourth-order valence-electron chi connectivity index (χ4n) is 2.82. The molecule has 0 bridgehead atoms. The number of rotatable bonds is 7.